The Kier molecular flexibility index (Phi) is 4.12. The first-order valence-electron chi connectivity index (χ1n) is 7.79. The monoisotopic (exact) mass is 288 g/mol. The highest BCUT2D eigenvalue weighted by Gasteiger charge is 2.32. The number of hydrogen-bond donors (Lipinski definition) is 2. The molecule has 5 heteroatoms. The van der Waals surface area contributed by atoms with Gasteiger partial charge in [-0.05, 0) is 37.5 Å². The van der Waals surface area contributed by atoms with E-state index in [1.807, 2.05) is 36.1 Å². The van der Waals surface area contributed by atoms with E-state index in [9.17, 15) is 4.79 Å². The highest BCUT2D eigenvalue weighted by atomic mass is 16.2. The van der Waals surface area contributed by atoms with Gasteiger partial charge in [0, 0.05) is 44.0 Å². The lowest BCUT2D eigenvalue weighted by atomic mass is 10.1. The fraction of sp³-hybridized carbons (Fsp3) is 0.562. The molecule has 3 rings (SSSR count). The van der Waals surface area contributed by atoms with Crippen LogP contribution < -0.4 is 11.1 Å². The van der Waals surface area contributed by atoms with E-state index in [1.165, 1.54) is 12.8 Å². The third kappa shape index (κ3) is 3.54. The number of rotatable bonds is 3. The van der Waals surface area contributed by atoms with Crippen molar-refractivity contribution in [2.45, 2.75) is 31.8 Å². The van der Waals surface area contributed by atoms with Crippen molar-refractivity contribution in [3.05, 3.63) is 29.8 Å². The Morgan fingerprint density at radius 3 is 2.62 bits per heavy atom. The minimum atomic E-state index is -0.0241. The van der Waals surface area contributed by atoms with Crippen LogP contribution in [0.1, 0.15) is 31.4 Å². The van der Waals surface area contributed by atoms with E-state index in [0.29, 0.717) is 0 Å². The summed E-state index contributed by atoms with van der Waals surface area (Å²) in [5.74, 6) is 0. The molecule has 0 bridgehead atoms. The van der Waals surface area contributed by atoms with E-state index in [-0.39, 0.29) is 12.1 Å². The van der Waals surface area contributed by atoms with Crippen LogP contribution in [0.25, 0.3) is 0 Å². The molecule has 1 atom stereocenters. The van der Waals surface area contributed by atoms with Crippen molar-refractivity contribution in [2.24, 2.45) is 5.73 Å². The first-order chi connectivity index (χ1) is 10.1. The van der Waals surface area contributed by atoms with Gasteiger partial charge >= 0.3 is 6.03 Å². The molecule has 114 valence electrons. The van der Waals surface area contributed by atoms with Crippen LogP contribution in [0, 0.1) is 0 Å². The average molecular weight is 288 g/mol. The molecule has 3 N–H and O–H groups in total. The fourth-order valence-corrected chi connectivity index (χ4v) is 2.83. The van der Waals surface area contributed by atoms with Gasteiger partial charge < -0.3 is 16.0 Å². The van der Waals surface area contributed by atoms with Crippen LogP contribution in [0.15, 0.2) is 24.3 Å². The average Bonchev–Trinajstić information content (AvgIpc) is 3.32. The second kappa shape index (κ2) is 6.03. The van der Waals surface area contributed by atoms with Crippen LogP contribution in [0.5, 0.6) is 0 Å². The van der Waals surface area contributed by atoms with Gasteiger partial charge in [0.25, 0.3) is 0 Å². The first kappa shape index (κ1) is 14.4. The normalized spacial score (nSPS) is 21.1. The van der Waals surface area contributed by atoms with Crippen molar-refractivity contribution in [2.75, 3.05) is 31.5 Å². The molecule has 1 aliphatic carbocycles. The number of nitrogens with one attached hydrogen (secondary N) is 1. The van der Waals surface area contributed by atoms with Crippen LogP contribution in [-0.4, -0.2) is 48.1 Å². The van der Waals surface area contributed by atoms with Crippen molar-refractivity contribution in [3.63, 3.8) is 0 Å². The zero-order valence-electron chi connectivity index (χ0n) is 12.6. The number of anilines is 1. The number of benzene rings is 1. The summed E-state index contributed by atoms with van der Waals surface area (Å²) in [6, 6.07) is 8.52. The Balaban J connectivity index is 1.55. The highest BCUT2D eigenvalue weighted by Crippen LogP contribution is 2.27. The number of amides is 2. The second-order valence-electron chi connectivity index (χ2n) is 6.10. The van der Waals surface area contributed by atoms with E-state index in [1.54, 1.807) is 0 Å². The fourth-order valence-electron chi connectivity index (χ4n) is 2.83. The summed E-state index contributed by atoms with van der Waals surface area (Å²) < 4.78 is 0. The summed E-state index contributed by atoms with van der Waals surface area (Å²) in [5.41, 5.74) is 7.73. The van der Waals surface area contributed by atoms with Gasteiger partial charge in [-0.15, -0.1) is 0 Å². The molecular formula is C16H24N4O. The smallest absolute Gasteiger partial charge is 0.321 e. The number of carbonyl (C=O) groups is 1. The largest absolute Gasteiger partial charge is 0.324 e. The molecule has 1 aromatic rings. The minimum absolute atomic E-state index is 0.00716. The predicted molar refractivity (Wildman–Crippen MR) is 84.2 cm³/mol. The molecule has 1 heterocycles. The lowest BCUT2D eigenvalue weighted by molar-refractivity contribution is 0.142. The van der Waals surface area contributed by atoms with E-state index in [2.05, 4.69) is 10.2 Å². The minimum Gasteiger partial charge on any atom is -0.324 e. The molecule has 2 fully saturated rings. The lowest BCUT2D eigenvalue weighted by Crippen LogP contribution is -2.50. The number of urea groups is 1. The number of nitrogens with zero attached hydrogens (tertiary/aromatic N) is 2. The summed E-state index contributed by atoms with van der Waals surface area (Å²) in [6.07, 6.45) is 2.66. The maximum atomic E-state index is 12.3. The molecule has 1 unspecified atom stereocenters. The van der Waals surface area contributed by atoms with Crippen molar-refractivity contribution in [1.82, 2.24) is 9.80 Å². The first-order valence-corrected chi connectivity index (χ1v) is 7.79. The van der Waals surface area contributed by atoms with Crippen molar-refractivity contribution < 1.29 is 4.79 Å². The number of nitrogens with two attached hydrogens (primary N) is 1. The summed E-state index contributed by atoms with van der Waals surface area (Å²) in [7, 11) is 0. The van der Waals surface area contributed by atoms with Crippen LogP contribution >= 0.6 is 0 Å². The molecule has 2 amide bonds. The predicted octanol–water partition coefficient (Wildman–Crippen LogP) is 2.02. The summed E-state index contributed by atoms with van der Waals surface area (Å²) >= 11 is 0. The van der Waals surface area contributed by atoms with Crippen molar-refractivity contribution in [3.8, 4) is 0 Å². The molecule has 0 spiro atoms. The molecule has 0 radical (unpaired) electrons. The Labute approximate surface area is 126 Å². The molecular weight excluding hydrogens is 264 g/mol. The van der Waals surface area contributed by atoms with Crippen LogP contribution in [-0.2, 0) is 0 Å². The molecule has 1 saturated carbocycles. The SMILES string of the molecule is CC(N)c1cccc(NC(=O)N2CCN(C3CC3)CC2)c1. The van der Waals surface area contributed by atoms with Crippen molar-refractivity contribution >= 4 is 11.7 Å². The molecule has 2 aliphatic rings. The maximum absolute atomic E-state index is 12.3. The maximum Gasteiger partial charge on any atom is 0.321 e. The third-order valence-electron chi connectivity index (χ3n) is 4.33. The van der Waals surface area contributed by atoms with Crippen molar-refractivity contribution in [1.29, 1.82) is 0 Å². The molecule has 0 aromatic heterocycles. The lowest BCUT2D eigenvalue weighted by Gasteiger charge is -2.34. The standard InChI is InChI=1S/C16H24N4O/c1-12(17)13-3-2-4-14(11-13)18-16(21)20-9-7-19(8-10-20)15-5-6-15/h2-4,11-12,15H,5-10,17H2,1H3,(H,18,21). The molecule has 1 saturated heterocycles. The molecule has 1 aromatic carbocycles. The van der Waals surface area contributed by atoms with Gasteiger partial charge in [0.05, 0.1) is 0 Å². The molecule has 5 nitrogen and oxygen atoms in total. The number of carbonyl (C=O) groups excluding carboxylic acids is 1. The summed E-state index contributed by atoms with van der Waals surface area (Å²) in [4.78, 5) is 16.7. The Morgan fingerprint density at radius 1 is 1.29 bits per heavy atom. The zero-order chi connectivity index (χ0) is 14.8. The Bertz CT molecular complexity index is 505. The third-order valence-corrected chi connectivity index (χ3v) is 4.33. The van der Waals surface area contributed by atoms with E-state index in [4.69, 9.17) is 5.73 Å². The molecule has 1 aliphatic heterocycles. The Morgan fingerprint density at radius 2 is 2.00 bits per heavy atom. The Hall–Kier alpha value is -1.59. The topological polar surface area (TPSA) is 61.6 Å². The van der Waals surface area contributed by atoms with Crippen LogP contribution in [0.4, 0.5) is 10.5 Å². The van der Waals surface area contributed by atoms with E-state index >= 15 is 0 Å². The van der Waals surface area contributed by atoms with Gasteiger partial charge in [0.15, 0.2) is 0 Å². The van der Waals surface area contributed by atoms with Gasteiger partial charge in [-0.3, -0.25) is 4.90 Å². The quantitative estimate of drug-likeness (QED) is 0.894. The van der Waals surface area contributed by atoms with Gasteiger partial charge in [-0.1, -0.05) is 12.1 Å². The summed E-state index contributed by atoms with van der Waals surface area (Å²) in [5, 5.41) is 2.98. The van der Waals surface area contributed by atoms with Crippen LogP contribution in [0.2, 0.25) is 0 Å². The summed E-state index contributed by atoms with van der Waals surface area (Å²) in [6.45, 7) is 5.57. The molecule has 21 heavy (non-hydrogen) atoms. The number of hydrogen-bond acceptors (Lipinski definition) is 3. The van der Waals surface area contributed by atoms with Gasteiger partial charge in [-0.2, -0.15) is 0 Å². The second-order valence-corrected chi connectivity index (χ2v) is 6.10. The highest BCUT2D eigenvalue weighted by molar-refractivity contribution is 5.89. The van der Waals surface area contributed by atoms with Gasteiger partial charge in [0.1, 0.15) is 0 Å². The van der Waals surface area contributed by atoms with E-state index < -0.39 is 0 Å². The van der Waals surface area contributed by atoms with Gasteiger partial charge in [-0.25, -0.2) is 4.79 Å². The zero-order valence-corrected chi connectivity index (χ0v) is 12.6. The van der Waals surface area contributed by atoms with E-state index in [0.717, 1.165) is 43.5 Å². The number of piperazine rings is 1. The van der Waals surface area contributed by atoms with Gasteiger partial charge in [0.2, 0.25) is 0 Å². The van der Waals surface area contributed by atoms with Crippen LogP contribution in [0.3, 0.4) is 0 Å².